The summed E-state index contributed by atoms with van der Waals surface area (Å²) in [6, 6.07) is 15.6. The van der Waals surface area contributed by atoms with Gasteiger partial charge in [0.15, 0.2) is 5.17 Å². The van der Waals surface area contributed by atoms with E-state index in [1.54, 1.807) is 7.11 Å². The molecule has 3 aliphatic heterocycles. The lowest BCUT2D eigenvalue weighted by molar-refractivity contribution is -0.130. The van der Waals surface area contributed by atoms with E-state index in [2.05, 4.69) is 11.0 Å². The molecule has 1 saturated heterocycles. The van der Waals surface area contributed by atoms with Crippen LogP contribution < -0.4 is 4.74 Å². The van der Waals surface area contributed by atoms with Gasteiger partial charge in [0.2, 0.25) is 0 Å². The summed E-state index contributed by atoms with van der Waals surface area (Å²) in [5, 5.41) is 1.49. The summed E-state index contributed by atoms with van der Waals surface area (Å²) in [5.41, 5.74) is 3.86. The standard InChI is InChI=1S/C25H24ClN3O3S/c1-16-23(24(30)28-11-13-32-14-12-28)33-25-27-21(17-5-9-20(31-2)10-6-17)15-22(29(16)25)18-3-7-19(26)8-4-18/h3-10,15,22H,11-14H2,1-2H3. The lowest BCUT2D eigenvalue weighted by atomic mass is 10.00. The lowest BCUT2D eigenvalue weighted by Crippen LogP contribution is -2.41. The Morgan fingerprint density at radius 1 is 1.12 bits per heavy atom. The first-order valence-electron chi connectivity index (χ1n) is 10.8. The minimum Gasteiger partial charge on any atom is -0.497 e. The first-order valence-corrected chi connectivity index (χ1v) is 12.0. The molecule has 1 atom stereocenters. The second kappa shape index (κ2) is 9.25. The number of hydrogen-bond acceptors (Lipinski definition) is 6. The SMILES string of the molecule is COc1ccc(C2=CC(c3ccc(Cl)cc3)N3C(=N2)SC(C(=O)N2CCOCC2)=C3C)cc1. The summed E-state index contributed by atoms with van der Waals surface area (Å²) in [6.45, 7) is 4.36. The third-order valence-electron chi connectivity index (χ3n) is 5.99. The number of benzene rings is 2. The van der Waals surface area contributed by atoms with Crippen molar-refractivity contribution in [3.8, 4) is 5.75 Å². The molecule has 5 rings (SSSR count). The molecule has 0 aliphatic carbocycles. The molecule has 0 radical (unpaired) electrons. The van der Waals surface area contributed by atoms with Crippen LogP contribution in [-0.4, -0.2) is 54.3 Å². The molecule has 2 aromatic carbocycles. The van der Waals surface area contributed by atoms with Gasteiger partial charge in [-0.3, -0.25) is 4.79 Å². The topological polar surface area (TPSA) is 54.4 Å². The van der Waals surface area contributed by atoms with Crippen molar-refractivity contribution >= 4 is 40.1 Å². The van der Waals surface area contributed by atoms with Gasteiger partial charge in [-0.15, -0.1) is 0 Å². The van der Waals surface area contributed by atoms with E-state index in [0.717, 1.165) is 38.3 Å². The number of rotatable bonds is 4. The number of methoxy groups -OCH3 is 1. The zero-order valence-electron chi connectivity index (χ0n) is 18.5. The van der Waals surface area contributed by atoms with Crippen LogP contribution in [0, 0.1) is 0 Å². The largest absolute Gasteiger partial charge is 0.497 e. The average molecular weight is 482 g/mol. The number of thioether (sulfide) groups is 1. The average Bonchev–Trinajstić information content (AvgIpc) is 3.20. The van der Waals surface area contributed by atoms with Crippen LogP contribution in [0.25, 0.3) is 5.70 Å². The first-order chi connectivity index (χ1) is 16.0. The molecule has 1 unspecified atom stereocenters. The first kappa shape index (κ1) is 22.1. The number of ether oxygens (including phenoxy) is 2. The van der Waals surface area contributed by atoms with Gasteiger partial charge in [-0.05, 0) is 66.7 Å². The van der Waals surface area contributed by atoms with Crippen LogP contribution in [0.5, 0.6) is 5.75 Å². The van der Waals surface area contributed by atoms with Gasteiger partial charge in [-0.2, -0.15) is 0 Å². The predicted octanol–water partition coefficient (Wildman–Crippen LogP) is 4.94. The van der Waals surface area contributed by atoms with Crippen LogP contribution in [0.4, 0.5) is 0 Å². The molecule has 0 bridgehead atoms. The number of aliphatic imine (C=N–C) groups is 1. The fraction of sp³-hybridized carbons (Fsp3) is 0.280. The highest BCUT2D eigenvalue weighted by atomic mass is 35.5. The van der Waals surface area contributed by atoms with E-state index in [1.165, 1.54) is 11.8 Å². The van der Waals surface area contributed by atoms with Crippen LogP contribution >= 0.6 is 23.4 Å². The van der Waals surface area contributed by atoms with Crippen molar-refractivity contribution in [2.24, 2.45) is 4.99 Å². The zero-order valence-corrected chi connectivity index (χ0v) is 20.0. The van der Waals surface area contributed by atoms with Crippen molar-refractivity contribution in [2.45, 2.75) is 13.0 Å². The summed E-state index contributed by atoms with van der Waals surface area (Å²) >= 11 is 7.60. The third-order valence-corrected chi connectivity index (χ3v) is 7.39. The minimum absolute atomic E-state index is 0.0405. The Balaban J connectivity index is 1.54. The normalized spacial score (nSPS) is 20.4. The Morgan fingerprint density at radius 3 is 2.48 bits per heavy atom. The van der Waals surface area contributed by atoms with Gasteiger partial charge in [0.05, 0.1) is 37.0 Å². The molecule has 0 saturated carbocycles. The predicted molar refractivity (Wildman–Crippen MR) is 132 cm³/mol. The molecule has 33 heavy (non-hydrogen) atoms. The minimum atomic E-state index is -0.102. The van der Waals surface area contributed by atoms with E-state index in [9.17, 15) is 4.79 Å². The second-order valence-corrected chi connectivity index (χ2v) is 9.38. The molecule has 0 N–H and O–H groups in total. The second-order valence-electron chi connectivity index (χ2n) is 7.96. The van der Waals surface area contributed by atoms with Gasteiger partial charge in [-0.25, -0.2) is 4.99 Å². The van der Waals surface area contributed by atoms with E-state index >= 15 is 0 Å². The van der Waals surface area contributed by atoms with Gasteiger partial charge in [-0.1, -0.05) is 23.7 Å². The number of nitrogens with zero attached hydrogens (tertiary/aromatic N) is 3. The Labute approximate surface area is 202 Å². The highest BCUT2D eigenvalue weighted by molar-refractivity contribution is 8.18. The van der Waals surface area contributed by atoms with Crippen molar-refractivity contribution in [2.75, 3.05) is 33.4 Å². The highest BCUT2D eigenvalue weighted by Gasteiger charge is 2.39. The molecule has 1 fully saturated rings. The molecule has 170 valence electrons. The smallest absolute Gasteiger partial charge is 0.262 e. The van der Waals surface area contributed by atoms with Crippen LogP contribution in [0.1, 0.15) is 24.1 Å². The van der Waals surface area contributed by atoms with Crippen LogP contribution in [0.3, 0.4) is 0 Å². The number of carbonyl (C=O) groups is 1. The van der Waals surface area contributed by atoms with E-state index < -0.39 is 0 Å². The number of carbonyl (C=O) groups excluding carboxylic acids is 1. The van der Waals surface area contributed by atoms with Crippen LogP contribution in [-0.2, 0) is 9.53 Å². The molecule has 2 aromatic rings. The lowest BCUT2D eigenvalue weighted by Gasteiger charge is -2.32. The number of halogens is 1. The molecule has 3 heterocycles. The monoisotopic (exact) mass is 481 g/mol. The Bertz CT molecular complexity index is 1150. The molecular weight excluding hydrogens is 458 g/mol. The van der Waals surface area contributed by atoms with E-state index in [1.807, 2.05) is 60.4 Å². The Hall–Kier alpha value is -2.74. The molecule has 0 spiro atoms. The zero-order chi connectivity index (χ0) is 22.9. The number of amidine groups is 1. The molecular formula is C25H24ClN3O3S. The number of fused-ring (bicyclic) bond motifs is 1. The fourth-order valence-electron chi connectivity index (χ4n) is 4.17. The van der Waals surface area contributed by atoms with Gasteiger partial charge in [0.25, 0.3) is 5.91 Å². The van der Waals surface area contributed by atoms with Crippen LogP contribution in [0.2, 0.25) is 5.02 Å². The number of hydrogen-bond donors (Lipinski definition) is 0. The summed E-state index contributed by atoms with van der Waals surface area (Å²) in [4.78, 5) is 23.0. The number of allylic oxidation sites excluding steroid dienone is 1. The van der Waals surface area contributed by atoms with Crippen molar-refractivity contribution in [1.29, 1.82) is 0 Å². The maximum Gasteiger partial charge on any atom is 0.262 e. The highest BCUT2D eigenvalue weighted by Crippen LogP contribution is 2.45. The van der Waals surface area contributed by atoms with Crippen molar-refractivity contribution in [1.82, 2.24) is 9.80 Å². The third kappa shape index (κ3) is 4.28. The Morgan fingerprint density at radius 2 is 1.82 bits per heavy atom. The summed E-state index contributed by atoms with van der Waals surface area (Å²) < 4.78 is 10.7. The molecule has 6 nitrogen and oxygen atoms in total. The molecule has 3 aliphatic rings. The van der Waals surface area contributed by atoms with Gasteiger partial charge >= 0.3 is 0 Å². The number of morpholine rings is 1. The maximum absolute atomic E-state index is 13.3. The maximum atomic E-state index is 13.3. The molecule has 1 amide bonds. The Kier molecular flexibility index (Phi) is 6.19. The summed E-state index contributed by atoms with van der Waals surface area (Å²) in [7, 11) is 1.65. The van der Waals surface area contributed by atoms with Gasteiger partial charge < -0.3 is 19.3 Å². The number of amides is 1. The van der Waals surface area contributed by atoms with E-state index in [-0.39, 0.29) is 11.9 Å². The van der Waals surface area contributed by atoms with E-state index in [0.29, 0.717) is 31.3 Å². The van der Waals surface area contributed by atoms with Gasteiger partial charge in [0.1, 0.15) is 5.75 Å². The van der Waals surface area contributed by atoms with Crippen molar-refractivity contribution in [3.05, 3.63) is 81.4 Å². The molecule has 0 aromatic heterocycles. The quantitative estimate of drug-likeness (QED) is 0.619. The summed E-state index contributed by atoms with van der Waals surface area (Å²) in [5.74, 6) is 0.837. The summed E-state index contributed by atoms with van der Waals surface area (Å²) in [6.07, 6.45) is 2.14. The van der Waals surface area contributed by atoms with Gasteiger partial charge in [0, 0.05) is 29.4 Å². The van der Waals surface area contributed by atoms with Crippen LogP contribution in [0.15, 0.2) is 70.2 Å². The fourth-order valence-corrected chi connectivity index (χ4v) is 5.44. The van der Waals surface area contributed by atoms with Crippen molar-refractivity contribution in [3.63, 3.8) is 0 Å². The van der Waals surface area contributed by atoms with E-state index in [4.69, 9.17) is 26.1 Å². The molecule has 8 heteroatoms. The van der Waals surface area contributed by atoms with Crippen molar-refractivity contribution < 1.29 is 14.3 Å².